The van der Waals surface area contributed by atoms with Crippen LogP contribution in [-0.2, 0) is 37.3 Å². The molecule has 1 aromatic rings. The smallest absolute Gasteiger partial charge is 0.410 e. The molecule has 2 amide bonds. The van der Waals surface area contributed by atoms with E-state index < -0.39 is 28.0 Å². The van der Waals surface area contributed by atoms with E-state index in [1.807, 2.05) is 0 Å². The summed E-state index contributed by atoms with van der Waals surface area (Å²) in [5, 5.41) is 3.22. The van der Waals surface area contributed by atoms with Gasteiger partial charge in [0.2, 0.25) is 15.9 Å². The van der Waals surface area contributed by atoms with E-state index in [-0.39, 0.29) is 32.2 Å². The summed E-state index contributed by atoms with van der Waals surface area (Å²) in [6.07, 6.45) is 2.31. The number of amides is 2. The molecule has 2 aliphatic heterocycles. The molecule has 0 aliphatic carbocycles. The SMILES string of the molecule is CCOC(=O)c1c(NC(=O)C2CCCN(S(C)(=O)=O)C2)sc2c1CCN(C(=O)OCC)C2. The summed E-state index contributed by atoms with van der Waals surface area (Å²) in [4.78, 5) is 40.2. The highest BCUT2D eigenvalue weighted by molar-refractivity contribution is 7.88. The van der Waals surface area contributed by atoms with Gasteiger partial charge >= 0.3 is 12.1 Å². The normalized spacial score (nSPS) is 19.2. The summed E-state index contributed by atoms with van der Waals surface area (Å²) in [5.74, 6) is -1.36. The van der Waals surface area contributed by atoms with E-state index in [1.54, 1.807) is 18.7 Å². The number of carbonyl (C=O) groups is 3. The van der Waals surface area contributed by atoms with E-state index in [2.05, 4.69) is 5.32 Å². The Labute approximate surface area is 191 Å². The third-order valence-corrected chi connectivity index (χ3v) is 7.92. The number of nitrogens with one attached hydrogen (secondary N) is 1. The van der Waals surface area contributed by atoms with Crippen molar-refractivity contribution in [3.05, 3.63) is 16.0 Å². The van der Waals surface area contributed by atoms with Gasteiger partial charge in [-0.1, -0.05) is 0 Å². The molecule has 32 heavy (non-hydrogen) atoms. The molecule has 1 aromatic heterocycles. The molecule has 1 unspecified atom stereocenters. The predicted molar refractivity (Wildman–Crippen MR) is 119 cm³/mol. The van der Waals surface area contributed by atoms with Crippen molar-refractivity contribution in [3.8, 4) is 0 Å². The highest BCUT2D eigenvalue weighted by atomic mass is 32.2. The zero-order valence-electron chi connectivity index (χ0n) is 18.5. The Morgan fingerprint density at radius 1 is 1.16 bits per heavy atom. The van der Waals surface area contributed by atoms with E-state index in [0.29, 0.717) is 42.9 Å². The van der Waals surface area contributed by atoms with Crippen molar-refractivity contribution in [1.82, 2.24) is 9.21 Å². The van der Waals surface area contributed by atoms with Gasteiger partial charge in [-0.25, -0.2) is 22.3 Å². The molecule has 0 radical (unpaired) electrons. The van der Waals surface area contributed by atoms with Gasteiger partial charge in [-0.3, -0.25) is 4.79 Å². The zero-order valence-corrected chi connectivity index (χ0v) is 20.1. The van der Waals surface area contributed by atoms with Crippen LogP contribution in [0.3, 0.4) is 0 Å². The van der Waals surface area contributed by atoms with Crippen LogP contribution in [0, 0.1) is 5.92 Å². The van der Waals surface area contributed by atoms with E-state index in [1.165, 1.54) is 15.6 Å². The van der Waals surface area contributed by atoms with Crippen LogP contribution in [-0.4, -0.2) is 74.7 Å². The Bertz CT molecular complexity index is 990. The first kappa shape index (κ1) is 24.5. The van der Waals surface area contributed by atoms with Crippen molar-refractivity contribution in [2.45, 2.75) is 39.7 Å². The zero-order chi connectivity index (χ0) is 23.5. The fraction of sp³-hybridized carbons (Fsp3) is 0.650. The summed E-state index contributed by atoms with van der Waals surface area (Å²) >= 11 is 1.24. The number of fused-ring (bicyclic) bond motifs is 1. The van der Waals surface area contributed by atoms with Crippen LogP contribution < -0.4 is 5.32 Å². The Balaban J connectivity index is 1.83. The summed E-state index contributed by atoms with van der Waals surface area (Å²) in [6, 6.07) is 0. The lowest BCUT2D eigenvalue weighted by atomic mass is 9.98. The number of rotatable bonds is 6. The number of esters is 1. The van der Waals surface area contributed by atoms with Gasteiger partial charge in [0.05, 0.1) is 37.5 Å². The molecule has 178 valence electrons. The minimum atomic E-state index is -3.38. The number of piperidine rings is 1. The topological polar surface area (TPSA) is 122 Å². The number of hydrogen-bond acceptors (Lipinski definition) is 8. The van der Waals surface area contributed by atoms with E-state index in [0.717, 1.165) is 16.7 Å². The summed E-state index contributed by atoms with van der Waals surface area (Å²) in [6.45, 7) is 5.10. The number of anilines is 1. The Morgan fingerprint density at radius 3 is 2.53 bits per heavy atom. The maximum absolute atomic E-state index is 13.0. The third-order valence-electron chi connectivity index (χ3n) is 5.52. The second-order valence-corrected chi connectivity index (χ2v) is 10.8. The van der Waals surface area contributed by atoms with Gasteiger partial charge in [0.15, 0.2) is 0 Å². The average Bonchev–Trinajstić information content (AvgIpc) is 3.10. The maximum atomic E-state index is 13.0. The van der Waals surface area contributed by atoms with Crippen molar-refractivity contribution in [2.24, 2.45) is 5.92 Å². The largest absolute Gasteiger partial charge is 0.462 e. The highest BCUT2D eigenvalue weighted by Crippen LogP contribution is 2.38. The molecule has 3 rings (SSSR count). The number of hydrogen-bond donors (Lipinski definition) is 1. The number of ether oxygens (including phenoxy) is 2. The number of sulfonamides is 1. The van der Waals surface area contributed by atoms with Gasteiger partial charge in [-0.2, -0.15) is 0 Å². The molecule has 0 spiro atoms. The molecule has 0 aromatic carbocycles. The number of nitrogens with zero attached hydrogens (tertiary/aromatic N) is 2. The first-order valence-electron chi connectivity index (χ1n) is 10.6. The molecule has 1 fully saturated rings. The van der Waals surface area contributed by atoms with E-state index in [4.69, 9.17) is 9.47 Å². The van der Waals surface area contributed by atoms with Gasteiger partial charge in [0, 0.05) is 24.5 Å². The van der Waals surface area contributed by atoms with Gasteiger partial charge in [0.25, 0.3) is 0 Å². The van der Waals surface area contributed by atoms with Crippen LogP contribution in [0.4, 0.5) is 9.80 Å². The average molecular weight is 488 g/mol. The highest BCUT2D eigenvalue weighted by Gasteiger charge is 2.34. The molecule has 3 heterocycles. The van der Waals surface area contributed by atoms with Crippen molar-refractivity contribution < 1.29 is 32.3 Å². The number of carbonyl (C=O) groups excluding carboxylic acids is 3. The van der Waals surface area contributed by atoms with Gasteiger partial charge in [0.1, 0.15) is 5.00 Å². The first-order valence-corrected chi connectivity index (χ1v) is 13.3. The van der Waals surface area contributed by atoms with Crippen LogP contribution >= 0.6 is 11.3 Å². The summed E-state index contributed by atoms with van der Waals surface area (Å²) in [7, 11) is -3.38. The molecule has 0 bridgehead atoms. The minimum absolute atomic E-state index is 0.112. The lowest BCUT2D eigenvalue weighted by Gasteiger charge is -2.30. The van der Waals surface area contributed by atoms with Crippen molar-refractivity contribution in [3.63, 3.8) is 0 Å². The molecule has 12 heteroatoms. The first-order chi connectivity index (χ1) is 15.2. The fourth-order valence-corrected chi connectivity index (χ4v) is 6.12. The second kappa shape index (κ2) is 10.2. The standard InChI is InChI=1S/C20H29N3O7S2/c1-4-29-19(25)16-14-8-10-22(20(26)30-5-2)12-15(14)31-18(16)21-17(24)13-7-6-9-23(11-13)32(3,27)28/h13H,4-12H2,1-3H3,(H,21,24). The molecular formula is C20H29N3O7S2. The molecule has 1 atom stereocenters. The second-order valence-electron chi connectivity index (χ2n) is 7.75. The third kappa shape index (κ3) is 5.41. The van der Waals surface area contributed by atoms with E-state index in [9.17, 15) is 22.8 Å². The predicted octanol–water partition coefficient (Wildman–Crippen LogP) is 2.05. The molecule has 1 saturated heterocycles. The fourth-order valence-electron chi connectivity index (χ4n) is 3.95. The van der Waals surface area contributed by atoms with Crippen LogP contribution in [0.1, 0.15) is 47.5 Å². The monoisotopic (exact) mass is 487 g/mol. The minimum Gasteiger partial charge on any atom is -0.462 e. The molecule has 10 nitrogen and oxygen atoms in total. The van der Waals surface area contributed by atoms with Crippen molar-refractivity contribution in [1.29, 1.82) is 0 Å². The Hall–Kier alpha value is -2.18. The van der Waals surface area contributed by atoms with Crippen LogP contribution in [0.2, 0.25) is 0 Å². The molecule has 1 N–H and O–H groups in total. The lowest BCUT2D eigenvalue weighted by molar-refractivity contribution is -0.120. The van der Waals surface area contributed by atoms with Crippen LogP contribution in [0.5, 0.6) is 0 Å². The van der Waals surface area contributed by atoms with Crippen molar-refractivity contribution in [2.75, 3.05) is 44.4 Å². The molecule has 2 aliphatic rings. The van der Waals surface area contributed by atoms with Crippen molar-refractivity contribution >= 4 is 44.3 Å². The van der Waals surface area contributed by atoms with Gasteiger partial charge < -0.3 is 19.7 Å². The van der Waals surface area contributed by atoms with Gasteiger partial charge in [-0.15, -0.1) is 11.3 Å². The quantitative estimate of drug-likeness (QED) is 0.609. The number of thiophene rings is 1. The lowest BCUT2D eigenvalue weighted by Crippen LogP contribution is -2.43. The molecule has 0 saturated carbocycles. The maximum Gasteiger partial charge on any atom is 0.410 e. The van der Waals surface area contributed by atoms with E-state index >= 15 is 0 Å². The van der Waals surface area contributed by atoms with Gasteiger partial charge in [-0.05, 0) is 38.7 Å². The Morgan fingerprint density at radius 2 is 1.88 bits per heavy atom. The van der Waals surface area contributed by atoms with Crippen LogP contribution in [0.25, 0.3) is 0 Å². The molecular weight excluding hydrogens is 458 g/mol. The summed E-state index contributed by atoms with van der Waals surface area (Å²) in [5.41, 5.74) is 1.09. The van der Waals surface area contributed by atoms with Crippen LogP contribution in [0.15, 0.2) is 0 Å². The summed E-state index contributed by atoms with van der Waals surface area (Å²) < 4.78 is 35.4. The Kier molecular flexibility index (Phi) is 7.78.